The minimum atomic E-state index is -0.195. The number of thioether (sulfide) groups is 1. The zero-order valence-electron chi connectivity index (χ0n) is 14.6. The van der Waals surface area contributed by atoms with Crippen LogP contribution in [0, 0.1) is 3.95 Å². The number of hydrogen-bond donors (Lipinski definition) is 0. The Balaban J connectivity index is 2.17. The van der Waals surface area contributed by atoms with Crippen LogP contribution in [0.15, 0.2) is 34.7 Å². The van der Waals surface area contributed by atoms with Gasteiger partial charge in [0.15, 0.2) is 8.29 Å². The Morgan fingerprint density at radius 1 is 1.17 bits per heavy atom. The molecule has 0 aliphatic heterocycles. The number of benzene rings is 1. The molecule has 24 heavy (non-hydrogen) atoms. The summed E-state index contributed by atoms with van der Waals surface area (Å²) >= 11 is 8.33. The van der Waals surface area contributed by atoms with Gasteiger partial charge in [-0.3, -0.25) is 4.79 Å². The summed E-state index contributed by atoms with van der Waals surface area (Å²) in [6, 6.07) is 10.2. The normalized spacial score (nSPS) is 12.6. The van der Waals surface area contributed by atoms with Crippen molar-refractivity contribution in [1.82, 2.24) is 14.7 Å². The van der Waals surface area contributed by atoms with Crippen LogP contribution in [0.5, 0.6) is 0 Å². The summed E-state index contributed by atoms with van der Waals surface area (Å²) in [6.45, 7) is 10.1. The van der Waals surface area contributed by atoms with Crippen molar-refractivity contribution in [3.63, 3.8) is 0 Å². The van der Waals surface area contributed by atoms with Crippen LogP contribution in [0.1, 0.15) is 34.6 Å². The molecular weight excluding hydrogens is 358 g/mol. The number of para-hydroxylation sites is 1. The Morgan fingerprint density at radius 2 is 1.75 bits per heavy atom. The molecule has 1 aromatic carbocycles. The summed E-state index contributed by atoms with van der Waals surface area (Å²) in [5.74, 6) is 0.136. The third-order valence-corrected chi connectivity index (χ3v) is 5.93. The molecule has 0 bridgehead atoms. The van der Waals surface area contributed by atoms with Gasteiger partial charge >= 0.3 is 0 Å². The molecule has 0 aliphatic rings. The first-order chi connectivity index (χ1) is 11.3. The van der Waals surface area contributed by atoms with E-state index in [-0.39, 0.29) is 23.2 Å². The summed E-state index contributed by atoms with van der Waals surface area (Å²) < 4.78 is 3.26. The fourth-order valence-electron chi connectivity index (χ4n) is 2.56. The van der Waals surface area contributed by atoms with Crippen LogP contribution in [-0.2, 0) is 4.79 Å². The Hall–Kier alpha value is -1.18. The highest BCUT2D eigenvalue weighted by Gasteiger charge is 2.26. The van der Waals surface area contributed by atoms with Gasteiger partial charge in [0.2, 0.25) is 5.91 Å². The lowest BCUT2D eigenvalue weighted by molar-refractivity contribution is -0.133. The fraction of sp³-hybridized carbons (Fsp3) is 0.471. The second kappa shape index (κ2) is 8.27. The Kier molecular flexibility index (Phi) is 6.60. The molecule has 7 heteroatoms. The molecule has 0 radical (unpaired) electrons. The second-order valence-electron chi connectivity index (χ2n) is 6.07. The molecule has 2 aromatic rings. The molecule has 1 atom stereocenters. The minimum Gasteiger partial charge on any atom is -0.337 e. The van der Waals surface area contributed by atoms with Crippen molar-refractivity contribution >= 4 is 41.2 Å². The molecule has 130 valence electrons. The summed E-state index contributed by atoms with van der Waals surface area (Å²) in [4.78, 5) is 14.7. The standard InChI is InChI=1S/C17H23N3OS3/c1-11(2)19(12(3)4)15(21)13(5)23-16-18-20(17(22)24-16)14-9-7-6-8-10-14/h6-13H,1-5H3. The highest BCUT2D eigenvalue weighted by molar-refractivity contribution is 8.02. The van der Waals surface area contributed by atoms with Crippen LogP contribution < -0.4 is 0 Å². The van der Waals surface area contributed by atoms with Gasteiger partial charge < -0.3 is 4.90 Å². The average molecular weight is 382 g/mol. The third kappa shape index (κ3) is 4.46. The number of aromatic nitrogens is 2. The van der Waals surface area contributed by atoms with E-state index in [4.69, 9.17) is 12.2 Å². The maximum Gasteiger partial charge on any atom is 0.236 e. The van der Waals surface area contributed by atoms with E-state index in [1.165, 1.54) is 23.1 Å². The zero-order valence-corrected chi connectivity index (χ0v) is 17.0. The smallest absolute Gasteiger partial charge is 0.236 e. The van der Waals surface area contributed by atoms with E-state index < -0.39 is 0 Å². The summed E-state index contributed by atoms with van der Waals surface area (Å²) in [6.07, 6.45) is 0. The van der Waals surface area contributed by atoms with Gasteiger partial charge in [0, 0.05) is 12.1 Å². The number of nitrogens with zero attached hydrogens (tertiary/aromatic N) is 3. The topological polar surface area (TPSA) is 38.1 Å². The SMILES string of the molecule is CC(Sc1nn(-c2ccccc2)c(=S)s1)C(=O)N(C(C)C)C(C)C. The van der Waals surface area contributed by atoms with Crippen molar-refractivity contribution in [2.24, 2.45) is 0 Å². The van der Waals surface area contributed by atoms with Crippen LogP contribution in [-0.4, -0.2) is 37.9 Å². The van der Waals surface area contributed by atoms with Gasteiger partial charge in [0.25, 0.3) is 0 Å². The molecule has 0 fully saturated rings. The molecule has 0 aliphatic carbocycles. The Labute approximate surface area is 156 Å². The fourth-order valence-corrected chi connectivity index (χ4v) is 5.12. The van der Waals surface area contributed by atoms with E-state index >= 15 is 0 Å². The third-order valence-electron chi connectivity index (χ3n) is 3.52. The van der Waals surface area contributed by atoms with Crippen molar-refractivity contribution in [3.8, 4) is 5.69 Å². The summed E-state index contributed by atoms with van der Waals surface area (Å²) in [5, 5.41) is 4.38. The van der Waals surface area contributed by atoms with E-state index in [1.54, 1.807) is 4.68 Å². The van der Waals surface area contributed by atoms with Gasteiger partial charge in [-0.15, -0.1) is 5.10 Å². The van der Waals surface area contributed by atoms with E-state index in [0.29, 0.717) is 3.95 Å². The molecule has 0 saturated heterocycles. The maximum absolute atomic E-state index is 12.7. The molecule has 1 aromatic heterocycles. The van der Waals surface area contributed by atoms with Gasteiger partial charge in [0.05, 0.1) is 10.9 Å². The van der Waals surface area contributed by atoms with E-state index in [0.717, 1.165) is 10.0 Å². The molecule has 0 saturated carbocycles. The van der Waals surface area contributed by atoms with Crippen molar-refractivity contribution in [1.29, 1.82) is 0 Å². The highest BCUT2D eigenvalue weighted by atomic mass is 32.2. The van der Waals surface area contributed by atoms with E-state index in [1.807, 2.05) is 69.9 Å². The predicted octanol–water partition coefficient (Wildman–Crippen LogP) is 4.79. The van der Waals surface area contributed by atoms with E-state index in [2.05, 4.69) is 5.10 Å². The zero-order chi connectivity index (χ0) is 17.9. The number of rotatable bonds is 6. The van der Waals surface area contributed by atoms with Crippen molar-refractivity contribution < 1.29 is 4.79 Å². The molecule has 2 rings (SSSR count). The number of hydrogen-bond acceptors (Lipinski definition) is 5. The first-order valence-corrected chi connectivity index (χ1v) is 10.1. The second-order valence-corrected chi connectivity index (χ2v) is 9.28. The van der Waals surface area contributed by atoms with Gasteiger partial charge in [-0.25, -0.2) is 4.68 Å². The summed E-state index contributed by atoms with van der Waals surface area (Å²) in [5.41, 5.74) is 0.940. The lowest BCUT2D eigenvalue weighted by Gasteiger charge is -2.32. The molecule has 1 amide bonds. The van der Waals surface area contributed by atoms with Crippen molar-refractivity contribution in [2.75, 3.05) is 0 Å². The Bertz CT molecular complexity index is 729. The van der Waals surface area contributed by atoms with Gasteiger partial charge in [-0.05, 0) is 59.0 Å². The summed E-state index contributed by atoms with van der Waals surface area (Å²) in [7, 11) is 0. The molecule has 1 unspecified atom stereocenters. The van der Waals surface area contributed by atoms with Crippen molar-refractivity contribution in [2.45, 2.75) is 56.3 Å². The van der Waals surface area contributed by atoms with E-state index in [9.17, 15) is 4.79 Å². The lowest BCUT2D eigenvalue weighted by Crippen LogP contribution is -2.45. The van der Waals surface area contributed by atoms with Gasteiger partial charge in [-0.1, -0.05) is 41.3 Å². The van der Waals surface area contributed by atoms with Gasteiger partial charge in [-0.2, -0.15) is 0 Å². The molecule has 0 N–H and O–H groups in total. The molecule has 4 nitrogen and oxygen atoms in total. The number of amides is 1. The Morgan fingerprint density at radius 3 is 2.29 bits per heavy atom. The molecule has 0 spiro atoms. The van der Waals surface area contributed by atoms with Crippen LogP contribution in [0.3, 0.4) is 0 Å². The molecular formula is C17H23N3OS3. The quantitative estimate of drug-likeness (QED) is 0.533. The van der Waals surface area contributed by atoms with Crippen LogP contribution in [0.2, 0.25) is 0 Å². The molecule has 1 heterocycles. The predicted molar refractivity (Wildman–Crippen MR) is 105 cm³/mol. The number of carbonyl (C=O) groups is 1. The maximum atomic E-state index is 12.7. The van der Waals surface area contributed by atoms with Gasteiger partial charge in [0.1, 0.15) is 0 Å². The van der Waals surface area contributed by atoms with Crippen molar-refractivity contribution in [3.05, 3.63) is 34.3 Å². The van der Waals surface area contributed by atoms with Crippen LogP contribution in [0.25, 0.3) is 5.69 Å². The van der Waals surface area contributed by atoms with Crippen LogP contribution in [0.4, 0.5) is 0 Å². The monoisotopic (exact) mass is 381 g/mol. The largest absolute Gasteiger partial charge is 0.337 e. The first-order valence-electron chi connectivity index (χ1n) is 7.95. The average Bonchev–Trinajstić information content (AvgIpc) is 2.87. The minimum absolute atomic E-state index is 0.136. The number of carbonyl (C=O) groups excluding carboxylic acids is 1. The van der Waals surface area contributed by atoms with Crippen LogP contribution >= 0.6 is 35.3 Å². The highest BCUT2D eigenvalue weighted by Crippen LogP contribution is 2.29. The first kappa shape index (κ1) is 19.1. The lowest BCUT2D eigenvalue weighted by atomic mass is 10.2.